The number of aliphatic carboxylic acids is 2. The Labute approximate surface area is 436 Å². The third-order valence-corrected chi connectivity index (χ3v) is 11.8. The maximum atomic E-state index is 11.4. The van der Waals surface area contributed by atoms with Crippen LogP contribution in [0, 0.1) is 30.6 Å². The Kier molecular flexibility index (Phi) is 28.4. The molecule has 2 aliphatic carbocycles. The Morgan fingerprint density at radius 1 is 0.662 bits per heavy atom. The predicted octanol–water partition coefficient (Wildman–Crippen LogP) is 12.7. The Hall–Kier alpha value is -5.91. The van der Waals surface area contributed by atoms with Crippen LogP contribution < -0.4 is 26.7 Å². The first kappa shape index (κ1) is 66.1. The van der Waals surface area contributed by atoms with E-state index < -0.39 is 36.1 Å². The van der Waals surface area contributed by atoms with Gasteiger partial charge >= 0.3 is 24.3 Å². The lowest BCUT2D eigenvalue weighted by Crippen LogP contribution is -2.21. The summed E-state index contributed by atoms with van der Waals surface area (Å²) in [5.74, 6) is -3.30. The molecule has 2 amide bonds. The number of rotatable bonds is 12. The average Bonchev–Trinajstić information content (AvgIpc) is 3.32. The second kappa shape index (κ2) is 31.7. The molecule has 0 radical (unpaired) electrons. The van der Waals surface area contributed by atoms with Gasteiger partial charge in [0.1, 0.15) is 23.9 Å². The number of hydrogen-bond acceptors (Lipinski definition) is 9. The van der Waals surface area contributed by atoms with E-state index in [0.29, 0.717) is 40.9 Å². The molecule has 4 aromatic carbocycles. The topological polar surface area (TPSA) is 222 Å². The lowest BCUT2D eigenvalue weighted by Gasteiger charge is -2.34. The molecule has 408 valence electrons. The zero-order valence-electron chi connectivity index (χ0n) is 43.0. The van der Waals surface area contributed by atoms with Gasteiger partial charge in [0.05, 0.1) is 6.61 Å². The first-order valence-electron chi connectivity index (χ1n) is 23.7. The summed E-state index contributed by atoms with van der Waals surface area (Å²) >= 11 is 4.37. The maximum absolute atomic E-state index is 11.4. The second-order valence-electron chi connectivity index (χ2n) is 19.1. The van der Waals surface area contributed by atoms with Gasteiger partial charge in [-0.25, -0.2) is 9.59 Å². The number of ether oxygens (including phenoxy) is 2. The molecular formula is C54H70F6N3O9PS. The Morgan fingerprint density at radius 2 is 1.03 bits per heavy atom. The van der Waals surface area contributed by atoms with Crippen LogP contribution in [0.5, 0.6) is 11.5 Å². The minimum Gasteiger partial charge on any atom is -0.494 e. The number of carboxylic acids is 2. The van der Waals surface area contributed by atoms with Crippen LogP contribution >= 0.6 is 7.36 Å². The number of hydrogen-bond donors (Lipinski definition) is 5. The molecule has 2 saturated carbocycles. The fourth-order valence-corrected chi connectivity index (χ4v) is 7.47. The zero-order valence-corrected chi connectivity index (χ0v) is 44.7. The summed E-state index contributed by atoms with van der Waals surface area (Å²) < 4.78 is 75.0. The van der Waals surface area contributed by atoms with Gasteiger partial charge in [-0.1, -0.05) is 75.9 Å². The number of amides is 2. The van der Waals surface area contributed by atoms with Crippen molar-refractivity contribution in [1.29, 1.82) is 0 Å². The van der Waals surface area contributed by atoms with Crippen molar-refractivity contribution < 1.29 is 70.0 Å². The molecule has 0 atom stereocenters. The van der Waals surface area contributed by atoms with Gasteiger partial charge in [-0.2, -0.15) is 26.3 Å². The fraction of sp³-hybridized carbons (Fsp3) is 0.463. The minimum absolute atomic E-state index is 0.402. The van der Waals surface area contributed by atoms with E-state index in [1.807, 2.05) is 68.2 Å². The SMILES string of the molecule is CC1(C)CCC(=O)CC1.CP=S.Cc1cc(OCCCC2CCC(C)(C)CC2)ccc1-c1cccc(C(N)=O)c1.Cc1cc(OCCN)ccc1-c1cccc(C(N)=O)c1.O=C(O)C(F)(F)F.O=C(O)C(F)(F)F. The van der Waals surface area contributed by atoms with Crippen LogP contribution in [-0.4, -0.2) is 78.5 Å². The number of benzene rings is 4. The number of halogens is 6. The van der Waals surface area contributed by atoms with Crippen LogP contribution in [0.3, 0.4) is 0 Å². The van der Waals surface area contributed by atoms with E-state index in [1.54, 1.807) is 18.2 Å². The lowest BCUT2D eigenvalue weighted by molar-refractivity contribution is -0.193. The Bertz CT molecular complexity index is 2420. The van der Waals surface area contributed by atoms with Crippen molar-refractivity contribution in [2.75, 3.05) is 26.4 Å². The van der Waals surface area contributed by atoms with Crippen LogP contribution in [0.4, 0.5) is 26.3 Å². The van der Waals surface area contributed by atoms with Crippen molar-refractivity contribution in [1.82, 2.24) is 0 Å². The third kappa shape index (κ3) is 26.3. The molecule has 0 aliphatic heterocycles. The number of ketones is 1. The standard InChI is InChI=1S/C25H33NO2.C16H18N2O2.C8H14O.2C2HF3O2.CH3PS/c1-18-16-22(28-15-5-6-19-11-13-25(2,3)14-12-19)9-10-23(18)20-7-4-8-21(17-20)24(26)27;1-11-9-14(20-8-7-17)5-6-15(11)12-3-2-4-13(10-12)16(18)19;1-8(2)5-3-7(9)4-6-8;2*3-2(4,5)1(6)7;1-2-3/h4,7-10,16-17,19H,5-6,11-15H2,1-3H3,(H2,26,27);2-6,9-10H,7-8,17H2,1H3,(H2,18,19);3-6H2,1-2H3;2*(H,6,7);1H3. The fourth-order valence-electron chi connectivity index (χ4n) is 7.47. The molecule has 0 bridgehead atoms. The highest BCUT2D eigenvalue weighted by Crippen LogP contribution is 2.40. The number of carbonyl (C=O) groups excluding carboxylic acids is 3. The molecule has 2 aliphatic rings. The largest absolute Gasteiger partial charge is 0.494 e. The van der Waals surface area contributed by atoms with Crippen molar-refractivity contribution in [3.05, 3.63) is 107 Å². The summed E-state index contributed by atoms with van der Waals surface area (Å²) in [4.78, 5) is 51.2. The number of Topliss-reactive ketones (excluding diaryl/α,β-unsaturated/α-hetero) is 1. The van der Waals surface area contributed by atoms with Gasteiger partial charge in [-0.3, -0.25) is 14.4 Å². The molecule has 74 heavy (non-hydrogen) atoms. The lowest BCUT2D eigenvalue weighted by atomic mass is 9.72. The van der Waals surface area contributed by atoms with Gasteiger partial charge in [0.25, 0.3) is 0 Å². The van der Waals surface area contributed by atoms with Crippen LogP contribution in [0.15, 0.2) is 84.9 Å². The number of carboxylic acid groups (broad SMARTS) is 2. The molecule has 4 aromatic rings. The Balaban J connectivity index is 0.000000513. The van der Waals surface area contributed by atoms with Gasteiger partial charge < -0.3 is 36.9 Å². The molecule has 0 spiro atoms. The van der Waals surface area contributed by atoms with Crippen molar-refractivity contribution >= 4 is 48.7 Å². The summed E-state index contributed by atoms with van der Waals surface area (Å²) in [6, 6.07) is 26.7. The number of nitrogens with two attached hydrogens (primary N) is 3. The highest BCUT2D eigenvalue weighted by molar-refractivity contribution is 7.96. The summed E-state index contributed by atoms with van der Waals surface area (Å²) in [6.45, 7) is 17.0. The van der Waals surface area contributed by atoms with E-state index in [-0.39, 0.29) is 0 Å². The van der Waals surface area contributed by atoms with Gasteiger partial charge in [0.15, 0.2) is 0 Å². The highest BCUT2D eigenvalue weighted by atomic mass is 32.4. The van der Waals surface area contributed by atoms with Crippen LogP contribution in [0.2, 0.25) is 0 Å². The number of aryl methyl sites for hydroxylation is 2. The smallest absolute Gasteiger partial charge is 0.490 e. The third-order valence-electron chi connectivity index (χ3n) is 11.8. The van der Waals surface area contributed by atoms with Crippen molar-refractivity contribution in [3.63, 3.8) is 0 Å². The second-order valence-corrected chi connectivity index (χ2v) is 20.5. The summed E-state index contributed by atoms with van der Waals surface area (Å²) in [5, 5.41) is 14.2. The number of primary amides is 2. The van der Waals surface area contributed by atoms with E-state index in [0.717, 1.165) is 96.9 Å². The molecule has 2 fully saturated rings. The quantitative estimate of drug-likeness (QED) is 0.0510. The molecule has 20 heteroatoms. The van der Waals surface area contributed by atoms with Gasteiger partial charge in [0.2, 0.25) is 11.8 Å². The molecule has 0 saturated heterocycles. The molecule has 0 unspecified atom stereocenters. The highest BCUT2D eigenvalue weighted by Gasteiger charge is 2.39. The molecular weight excluding hydrogens is 1010 g/mol. The monoisotopic (exact) mass is 1080 g/mol. The molecule has 0 aromatic heterocycles. The summed E-state index contributed by atoms with van der Waals surface area (Å²) in [6.07, 6.45) is 1.47. The van der Waals surface area contributed by atoms with Crippen LogP contribution in [-0.2, 0) is 26.2 Å². The van der Waals surface area contributed by atoms with E-state index >= 15 is 0 Å². The molecule has 0 heterocycles. The van der Waals surface area contributed by atoms with Crippen LogP contribution in [0.1, 0.15) is 124 Å². The number of alkyl halides is 6. The van der Waals surface area contributed by atoms with E-state index in [2.05, 4.69) is 58.6 Å². The van der Waals surface area contributed by atoms with Crippen molar-refractivity contribution in [2.45, 2.75) is 118 Å². The predicted molar refractivity (Wildman–Crippen MR) is 280 cm³/mol. The molecule has 8 N–H and O–H groups in total. The van der Waals surface area contributed by atoms with E-state index in [1.165, 1.54) is 32.1 Å². The number of carbonyl (C=O) groups is 5. The van der Waals surface area contributed by atoms with Crippen molar-refractivity contribution in [3.8, 4) is 33.8 Å². The average molecular weight is 1080 g/mol. The van der Waals surface area contributed by atoms with E-state index in [9.17, 15) is 40.7 Å². The van der Waals surface area contributed by atoms with Gasteiger partial charge in [-0.15, -0.1) is 0 Å². The van der Waals surface area contributed by atoms with Gasteiger partial charge in [0, 0.05) is 30.5 Å². The van der Waals surface area contributed by atoms with Crippen molar-refractivity contribution in [2.24, 2.45) is 33.9 Å². The Morgan fingerprint density at radius 3 is 1.35 bits per heavy atom. The van der Waals surface area contributed by atoms with Gasteiger partial charge in [-0.05, 0) is 178 Å². The summed E-state index contributed by atoms with van der Waals surface area (Å²) in [7, 11) is 1.00. The molecule has 12 nitrogen and oxygen atoms in total. The normalized spacial score (nSPS) is 14.7. The van der Waals surface area contributed by atoms with E-state index in [4.69, 9.17) is 46.5 Å². The minimum atomic E-state index is -5.08. The zero-order chi connectivity index (χ0) is 56.5. The first-order valence-corrected chi connectivity index (χ1v) is 26.0. The van der Waals surface area contributed by atoms with Crippen LogP contribution in [0.25, 0.3) is 22.3 Å². The molecule has 6 rings (SSSR count). The summed E-state index contributed by atoms with van der Waals surface area (Å²) in [5.41, 5.74) is 24.4. The first-order chi connectivity index (χ1) is 34.4. The maximum Gasteiger partial charge on any atom is 0.490 e.